The average Bonchev–Trinajstić information content (AvgIpc) is 2.72. The molecule has 6 heteroatoms. The minimum absolute atomic E-state index is 0.00516. The van der Waals surface area contributed by atoms with Crippen molar-refractivity contribution < 1.29 is 9.59 Å². The van der Waals surface area contributed by atoms with Crippen LogP contribution < -0.4 is 16.0 Å². The summed E-state index contributed by atoms with van der Waals surface area (Å²) in [6.07, 6.45) is 3.63. The van der Waals surface area contributed by atoms with Crippen molar-refractivity contribution in [1.29, 1.82) is 0 Å². The summed E-state index contributed by atoms with van der Waals surface area (Å²) in [5.74, 6) is 0.588. The number of rotatable bonds is 3. The molecule has 0 unspecified atom stereocenters. The largest absolute Gasteiger partial charge is 0.362 e. The summed E-state index contributed by atoms with van der Waals surface area (Å²) in [6, 6.07) is 15.2. The second-order valence-corrected chi connectivity index (χ2v) is 8.96. The van der Waals surface area contributed by atoms with E-state index in [1.54, 1.807) is 0 Å². The number of benzene rings is 2. The predicted molar refractivity (Wildman–Crippen MR) is 112 cm³/mol. The molecule has 2 amide bonds. The number of hydrogen-bond acceptors (Lipinski definition) is 3. The van der Waals surface area contributed by atoms with Crippen molar-refractivity contribution in [1.82, 2.24) is 10.6 Å². The number of hydrogen-bond donors (Lipinski definition) is 3. The first-order valence-corrected chi connectivity index (χ1v) is 10.6. The highest BCUT2D eigenvalue weighted by atomic mass is 35.5. The van der Waals surface area contributed by atoms with E-state index in [0.29, 0.717) is 17.1 Å². The Labute approximate surface area is 175 Å². The van der Waals surface area contributed by atoms with Crippen LogP contribution in [0.3, 0.4) is 0 Å². The number of halogens is 1. The van der Waals surface area contributed by atoms with Gasteiger partial charge in [0, 0.05) is 29.1 Å². The summed E-state index contributed by atoms with van der Waals surface area (Å²) in [7, 11) is 0. The van der Waals surface area contributed by atoms with Gasteiger partial charge < -0.3 is 16.0 Å². The van der Waals surface area contributed by atoms with E-state index in [2.05, 4.69) is 16.0 Å². The molecule has 0 radical (unpaired) electrons. The predicted octanol–water partition coefficient (Wildman–Crippen LogP) is 3.94. The number of carbonyl (C=O) groups is 2. The van der Waals surface area contributed by atoms with Crippen LogP contribution in [0.15, 0.2) is 48.5 Å². The third-order valence-corrected chi connectivity index (χ3v) is 7.07. The molecular formula is C23H24ClN3O2. The molecule has 1 spiro atoms. The standard InChI is InChI=1S/C23H24ClN3O2/c24-17-5-3-4-14(10-17)13-25-21(28)19-11-16-9-8-15(19)12-23(16)26-20-7-2-1-6-18(20)22(29)27-23/h1-7,10,15-16,19,26H,8-9,11-13H2,(H,25,28)(H,27,29)/t15-,16+,19+,23-/m1/s1. The lowest BCUT2D eigenvalue weighted by Crippen LogP contribution is -2.68. The van der Waals surface area contributed by atoms with Crippen LogP contribution in [0.2, 0.25) is 5.02 Å². The summed E-state index contributed by atoms with van der Waals surface area (Å²) in [6.45, 7) is 0.487. The summed E-state index contributed by atoms with van der Waals surface area (Å²) >= 11 is 6.04. The van der Waals surface area contributed by atoms with Crippen molar-refractivity contribution in [2.75, 3.05) is 5.32 Å². The van der Waals surface area contributed by atoms with Crippen molar-refractivity contribution in [3.05, 3.63) is 64.7 Å². The highest BCUT2D eigenvalue weighted by molar-refractivity contribution is 6.30. The molecule has 3 aliphatic carbocycles. The fourth-order valence-corrected chi connectivity index (χ4v) is 5.64. The van der Waals surface area contributed by atoms with Crippen LogP contribution >= 0.6 is 11.6 Å². The molecule has 1 heterocycles. The topological polar surface area (TPSA) is 70.2 Å². The molecule has 29 heavy (non-hydrogen) atoms. The maximum Gasteiger partial charge on any atom is 0.255 e. The van der Waals surface area contributed by atoms with E-state index in [0.717, 1.165) is 36.9 Å². The van der Waals surface area contributed by atoms with E-state index in [-0.39, 0.29) is 29.6 Å². The minimum Gasteiger partial charge on any atom is -0.362 e. The Morgan fingerprint density at radius 1 is 1.14 bits per heavy atom. The van der Waals surface area contributed by atoms with Gasteiger partial charge in [-0.15, -0.1) is 0 Å². The third kappa shape index (κ3) is 3.27. The van der Waals surface area contributed by atoms with Gasteiger partial charge in [0.2, 0.25) is 5.91 Å². The minimum atomic E-state index is -0.432. The Morgan fingerprint density at radius 3 is 2.79 bits per heavy atom. The molecule has 3 N–H and O–H groups in total. The van der Waals surface area contributed by atoms with Gasteiger partial charge in [-0.3, -0.25) is 9.59 Å². The van der Waals surface area contributed by atoms with Gasteiger partial charge in [0.1, 0.15) is 5.66 Å². The second-order valence-electron chi connectivity index (χ2n) is 8.52. The van der Waals surface area contributed by atoms with Crippen molar-refractivity contribution in [2.45, 2.75) is 37.9 Å². The highest BCUT2D eigenvalue weighted by Crippen LogP contribution is 2.51. The quantitative estimate of drug-likeness (QED) is 0.719. The number of nitrogens with one attached hydrogen (secondary N) is 3. The van der Waals surface area contributed by atoms with Crippen molar-refractivity contribution in [3.63, 3.8) is 0 Å². The van der Waals surface area contributed by atoms with Crippen molar-refractivity contribution in [3.8, 4) is 0 Å². The smallest absolute Gasteiger partial charge is 0.255 e. The van der Waals surface area contributed by atoms with Crippen LogP contribution in [0, 0.1) is 17.8 Å². The Kier molecular flexibility index (Phi) is 4.50. The Balaban J connectivity index is 1.29. The summed E-state index contributed by atoms with van der Waals surface area (Å²) in [5.41, 5.74) is 2.15. The summed E-state index contributed by atoms with van der Waals surface area (Å²) in [5, 5.41) is 10.6. The van der Waals surface area contributed by atoms with Crippen molar-refractivity contribution >= 4 is 29.1 Å². The molecule has 3 saturated carbocycles. The van der Waals surface area contributed by atoms with Gasteiger partial charge in [0.25, 0.3) is 5.91 Å². The van der Waals surface area contributed by atoms with Gasteiger partial charge in [0.05, 0.1) is 5.56 Å². The maximum absolute atomic E-state index is 12.9. The van der Waals surface area contributed by atoms with Crippen LogP contribution in [0.4, 0.5) is 5.69 Å². The van der Waals surface area contributed by atoms with E-state index < -0.39 is 5.66 Å². The Hall–Kier alpha value is -2.53. The molecule has 5 nitrogen and oxygen atoms in total. The van der Waals surface area contributed by atoms with Crippen LogP contribution in [0.5, 0.6) is 0 Å². The monoisotopic (exact) mass is 409 g/mol. The molecule has 2 bridgehead atoms. The Morgan fingerprint density at radius 2 is 2.00 bits per heavy atom. The lowest BCUT2D eigenvalue weighted by atomic mass is 9.58. The van der Waals surface area contributed by atoms with Gasteiger partial charge >= 0.3 is 0 Å². The molecule has 4 atom stereocenters. The average molecular weight is 410 g/mol. The number of amides is 2. The fourth-order valence-electron chi connectivity index (χ4n) is 5.43. The highest BCUT2D eigenvalue weighted by Gasteiger charge is 2.55. The van der Waals surface area contributed by atoms with Crippen molar-refractivity contribution in [2.24, 2.45) is 17.8 Å². The fraction of sp³-hybridized carbons (Fsp3) is 0.391. The van der Waals surface area contributed by atoms with E-state index in [9.17, 15) is 9.59 Å². The van der Waals surface area contributed by atoms with Crippen LogP contribution in [0.25, 0.3) is 0 Å². The van der Waals surface area contributed by atoms with Crippen LogP contribution in [-0.4, -0.2) is 17.5 Å². The SMILES string of the molecule is O=C1N[C@@]2(C[C@H]3CC[C@H]2C[C@@H]3C(=O)NCc2cccc(Cl)c2)Nc2ccccc21. The van der Waals surface area contributed by atoms with Gasteiger partial charge in [-0.25, -0.2) is 0 Å². The number of fused-ring (bicyclic) bond motifs is 3. The van der Waals surface area contributed by atoms with Crippen LogP contribution in [-0.2, 0) is 11.3 Å². The molecule has 6 rings (SSSR count). The molecule has 1 aliphatic heterocycles. The van der Waals surface area contributed by atoms with E-state index in [1.165, 1.54) is 0 Å². The molecule has 2 aromatic carbocycles. The second kappa shape index (κ2) is 7.06. The van der Waals surface area contributed by atoms with E-state index >= 15 is 0 Å². The van der Waals surface area contributed by atoms with Crippen LogP contribution in [0.1, 0.15) is 41.6 Å². The molecule has 0 aromatic heterocycles. The first kappa shape index (κ1) is 18.5. The van der Waals surface area contributed by atoms with Gasteiger partial charge in [0.15, 0.2) is 0 Å². The molecule has 2 aromatic rings. The third-order valence-electron chi connectivity index (χ3n) is 6.83. The lowest BCUT2D eigenvalue weighted by molar-refractivity contribution is -0.132. The van der Waals surface area contributed by atoms with Gasteiger partial charge in [-0.05, 0) is 61.4 Å². The first-order chi connectivity index (χ1) is 14.0. The van der Waals surface area contributed by atoms with Gasteiger partial charge in [-0.1, -0.05) is 35.9 Å². The number of para-hydroxylation sites is 1. The zero-order valence-electron chi connectivity index (χ0n) is 16.1. The zero-order valence-corrected chi connectivity index (χ0v) is 16.8. The number of carbonyl (C=O) groups excluding carboxylic acids is 2. The zero-order chi connectivity index (χ0) is 20.0. The first-order valence-electron chi connectivity index (χ1n) is 10.3. The molecular weight excluding hydrogens is 386 g/mol. The summed E-state index contributed by atoms with van der Waals surface area (Å²) < 4.78 is 0. The van der Waals surface area contributed by atoms with E-state index in [1.807, 2.05) is 48.5 Å². The van der Waals surface area contributed by atoms with E-state index in [4.69, 9.17) is 11.6 Å². The maximum atomic E-state index is 12.9. The molecule has 4 aliphatic rings. The Bertz CT molecular complexity index is 978. The lowest BCUT2D eigenvalue weighted by Gasteiger charge is -2.56. The molecule has 0 saturated heterocycles. The normalized spacial score (nSPS) is 29.7. The van der Waals surface area contributed by atoms with Gasteiger partial charge in [-0.2, -0.15) is 0 Å². The number of anilines is 1. The molecule has 3 fully saturated rings. The summed E-state index contributed by atoms with van der Waals surface area (Å²) in [4.78, 5) is 25.6. The molecule has 150 valence electrons.